The molecule has 2 radical (unpaired) electrons. The Kier molecular flexibility index (Phi) is 7.12. The fourth-order valence-corrected chi connectivity index (χ4v) is 5.17. The molecule has 0 spiro atoms. The van der Waals surface area contributed by atoms with Gasteiger partial charge in [-0.1, -0.05) is 45.1 Å². The van der Waals surface area contributed by atoms with Crippen molar-refractivity contribution in [1.29, 1.82) is 0 Å². The molecule has 0 bridgehead atoms. The fourth-order valence-electron chi connectivity index (χ4n) is 3.47. The van der Waals surface area contributed by atoms with Crippen molar-refractivity contribution in [2.45, 2.75) is 95.2 Å². The highest BCUT2D eigenvalue weighted by atomic mass is 28.2. The minimum Gasteiger partial charge on any atom is -0.462 e. The Morgan fingerprint density at radius 1 is 1.05 bits per heavy atom. The van der Waals surface area contributed by atoms with Gasteiger partial charge in [-0.15, -0.1) is 0 Å². The Morgan fingerprint density at radius 2 is 1.75 bits per heavy atom. The summed E-state index contributed by atoms with van der Waals surface area (Å²) >= 11 is 0. The third-order valence-corrected chi connectivity index (χ3v) is 6.66. The lowest BCUT2D eigenvalue weighted by molar-refractivity contribution is -0.156. The molecule has 0 aromatic carbocycles. The van der Waals surface area contributed by atoms with Crippen molar-refractivity contribution in [3.8, 4) is 0 Å². The smallest absolute Gasteiger partial charge is 0.309 e. The Labute approximate surface area is 126 Å². The zero-order chi connectivity index (χ0) is 14.2. The van der Waals surface area contributed by atoms with Gasteiger partial charge in [0.15, 0.2) is 0 Å². The van der Waals surface area contributed by atoms with Crippen LogP contribution in [0.1, 0.15) is 77.6 Å². The average Bonchev–Trinajstić information content (AvgIpc) is 2.50. The molecule has 20 heavy (non-hydrogen) atoms. The lowest BCUT2D eigenvalue weighted by atomic mass is 9.89. The summed E-state index contributed by atoms with van der Waals surface area (Å²) < 4.78 is 5.77. The van der Waals surface area contributed by atoms with Crippen LogP contribution in [-0.4, -0.2) is 21.6 Å². The fraction of sp³-hybridized carbons (Fsp3) is 0.941. The molecule has 2 aliphatic carbocycles. The van der Waals surface area contributed by atoms with E-state index in [1.807, 2.05) is 0 Å². The van der Waals surface area contributed by atoms with Crippen molar-refractivity contribution in [3.05, 3.63) is 0 Å². The number of hydrogen-bond donors (Lipinski definition) is 0. The van der Waals surface area contributed by atoms with Gasteiger partial charge in [-0.2, -0.15) is 0 Å². The Morgan fingerprint density at radius 3 is 2.40 bits per heavy atom. The van der Waals surface area contributed by atoms with Crippen LogP contribution in [0.4, 0.5) is 0 Å². The SMILES string of the molecule is CCCC[Si]C1CCC(OC(=O)C2CCCCC2)CC1. The summed E-state index contributed by atoms with van der Waals surface area (Å²) in [5.74, 6) is 0.328. The maximum atomic E-state index is 12.1. The monoisotopic (exact) mass is 294 g/mol. The Balaban J connectivity index is 1.62. The highest BCUT2D eigenvalue weighted by Crippen LogP contribution is 2.32. The van der Waals surface area contributed by atoms with E-state index in [1.165, 1.54) is 51.0 Å². The lowest BCUT2D eigenvalue weighted by Gasteiger charge is -2.30. The van der Waals surface area contributed by atoms with Crippen LogP contribution in [0.3, 0.4) is 0 Å². The summed E-state index contributed by atoms with van der Waals surface area (Å²) in [5.41, 5.74) is 0.922. The third-order valence-electron chi connectivity index (χ3n) is 4.86. The molecule has 2 aliphatic rings. The first-order valence-corrected chi connectivity index (χ1v) is 10.0. The van der Waals surface area contributed by atoms with Crippen molar-refractivity contribution in [2.24, 2.45) is 5.92 Å². The summed E-state index contributed by atoms with van der Waals surface area (Å²) in [6, 6.07) is 1.41. The van der Waals surface area contributed by atoms with E-state index in [0.29, 0.717) is 0 Å². The predicted molar refractivity (Wildman–Crippen MR) is 84.1 cm³/mol. The number of unbranched alkanes of at least 4 members (excludes halogenated alkanes) is 1. The minimum atomic E-state index is 0.113. The molecule has 2 nitrogen and oxygen atoms in total. The van der Waals surface area contributed by atoms with Gasteiger partial charge in [0.05, 0.1) is 5.92 Å². The van der Waals surface area contributed by atoms with Crippen molar-refractivity contribution < 1.29 is 9.53 Å². The molecular weight excluding hydrogens is 264 g/mol. The van der Waals surface area contributed by atoms with Gasteiger partial charge >= 0.3 is 5.97 Å². The van der Waals surface area contributed by atoms with Gasteiger partial charge in [0.25, 0.3) is 0 Å². The lowest BCUT2D eigenvalue weighted by Crippen LogP contribution is -2.28. The largest absolute Gasteiger partial charge is 0.462 e. The number of esters is 1. The van der Waals surface area contributed by atoms with Crippen LogP contribution in [0.15, 0.2) is 0 Å². The van der Waals surface area contributed by atoms with Gasteiger partial charge in [0, 0.05) is 9.52 Å². The van der Waals surface area contributed by atoms with E-state index in [-0.39, 0.29) is 18.0 Å². The molecule has 3 heteroatoms. The second kappa shape index (κ2) is 8.86. The first-order valence-electron chi connectivity index (χ1n) is 8.73. The molecule has 0 atom stereocenters. The van der Waals surface area contributed by atoms with Gasteiger partial charge in [-0.3, -0.25) is 4.79 Å². The molecule has 0 aromatic rings. The maximum absolute atomic E-state index is 12.1. The second-order valence-electron chi connectivity index (χ2n) is 6.55. The zero-order valence-corrected chi connectivity index (χ0v) is 14.0. The van der Waals surface area contributed by atoms with Crippen LogP contribution in [-0.2, 0) is 9.53 Å². The van der Waals surface area contributed by atoms with Crippen molar-refractivity contribution >= 4 is 15.5 Å². The molecule has 0 amide bonds. The van der Waals surface area contributed by atoms with Gasteiger partial charge < -0.3 is 4.74 Å². The minimum absolute atomic E-state index is 0.113. The number of carbonyl (C=O) groups excluding carboxylic acids is 1. The first-order chi connectivity index (χ1) is 9.79. The molecule has 0 aliphatic heterocycles. The molecule has 2 saturated carbocycles. The second-order valence-corrected chi connectivity index (χ2v) is 8.28. The maximum Gasteiger partial charge on any atom is 0.309 e. The zero-order valence-electron chi connectivity index (χ0n) is 13.0. The average molecular weight is 295 g/mol. The molecule has 0 unspecified atom stereocenters. The van der Waals surface area contributed by atoms with Gasteiger partial charge in [-0.25, -0.2) is 0 Å². The summed E-state index contributed by atoms with van der Waals surface area (Å²) in [4.78, 5) is 12.1. The summed E-state index contributed by atoms with van der Waals surface area (Å²) in [5, 5.41) is 0. The van der Waals surface area contributed by atoms with E-state index >= 15 is 0 Å². The van der Waals surface area contributed by atoms with E-state index in [0.717, 1.165) is 40.7 Å². The molecule has 0 aromatic heterocycles. The van der Waals surface area contributed by atoms with Crippen molar-refractivity contribution in [2.75, 3.05) is 0 Å². The highest BCUT2D eigenvalue weighted by molar-refractivity contribution is 6.37. The predicted octanol–water partition coefficient (Wildman–Crippen LogP) is 4.76. The molecular formula is C17H30O2Si. The third kappa shape index (κ3) is 5.23. The highest BCUT2D eigenvalue weighted by Gasteiger charge is 2.28. The van der Waals surface area contributed by atoms with Crippen molar-refractivity contribution in [3.63, 3.8) is 0 Å². The molecule has 0 N–H and O–H groups in total. The molecule has 2 rings (SSSR count). The normalized spacial score (nSPS) is 28.2. The van der Waals surface area contributed by atoms with Crippen LogP contribution in [0.2, 0.25) is 11.6 Å². The van der Waals surface area contributed by atoms with Gasteiger partial charge in [0.1, 0.15) is 6.10 Å². The van der Waals surface area contributed by atoms with Crippen LogP contribution in [0.25, 0.3) is 0 Å². The van der Waals surface area contributed by atoms with E-state index in [4.69, 9.17) is 4.74 Å². The van der Waals surface area contributed by atoms with Crippen molar-refractivity contribution in [1.82, 2.24) is 0 Å². The number of ether oxygens (including phenoxy) is 1. The Bertz CT molecular complexity index is 279. The number of carbonyl (C=O) groups is 1. The van der Waals surface area contributed by atoms with Crippen LogP contribution >= 0.6 is 0 Å². The molecule has 0 heterocycles. The van der Waals surface area contributed by atoms with Gasteiger partial charge in [-0.05, 0) is 44.1 Å². The first kappa shape index (κ1) is 16.1. The quantitative estimate of drug-likeness (QED) is 0.401. The van der Waals surface area contributed by atoms with Crippen LogP contribution in [0, 0.1) is 5.92 Å². The summed E-state index contributed by atoms with van der Waals surface area (Å²) in [6.45, 7) is 2.27. The van der Waals surface area contributed by atoms with E-state index in [9.17, 15) is 4.79 Å². The summed E-state index contributed by atoms with van der Waals surface area (Å²) in [6.07, 6.45) is 13.6. The molecule has 114 valence electrons. The van der Waals surface area contributed by atoms with E-state index in [1.54, 1.807) is 0 Å². The van der Waals surface area contributed by atoms with E-state index in [2.05, 4.69) is 6.92 Å². The molecule has 2 fully saturated rings. The summed E-state index contributed by atoms with van der Waals surface area (Å²) in [7, 11) is 1.14. The van der Waals surface area contributed by atoms with Crippen LogP contribution < -0.4 is 0 Å². The number of rotatable bonds is 6. The standard InChI is InChI=1S/C17H30O2Si/c1-2-3-13-20-16-11-9-15(10-12-16)19-17(18)14-7-5-4-6-8-14/h14-16H,2-13H2,1H3. The Hall–Kier alpha value is -0.313. The van der Waals surface area contributed by atoms with E-state index < -0.39 is 0 Å². The number of hydrogen-bond acceptors (Lipinski definition) is 2. The molecule has 0 saturated heterocycles. The van der Waals surface area contributed by atoms with Crippen LogP contribution in [0.5, 0.6) is 0 Å². The topological polar surface area (TPSA) is 26.3 Å². The van der Waals surface area contributed by atoms with Gasteiger partial charge in [0.2, 0.25) is 0 Å².